The van der Waals surface area contributed by atoms with Crippen LogP contribution in [0, 0.1) is 0 Å². The summed E-state index contributed by atoms with van der Waals surface area (Å²) in [5, 5.41) is 0. The van der Waals surface area contributed by atoms with Crippen molar-refractivity contribution >= 4 is 13.3 Å². The Hall–Kier alpha value is -0.600. The molecule has 0 rings (SSSR count). The lowest BCUT2D eigenvalue weighted by molar-refractivity contribution is -0.137. The first kappa shape index (κ1) is 33.4. The second-order valence-corrected chi connectivity index (χ2v) is 12.7. The van der Waals surface area contributed by atoms with Crippen molar-refractivity contribution in [3.8, 4) is 0 Å². The molecule has 4 nitrogen and oxygen atoms in total. The van der Waals surface area contributed by atoms with Gasteiger partial charge < -0.3 is 9.63 Å². The van der Waals surface area contributed by atoms with Gasteiger partial charge in [-0.15, -0.1) is 0 Å². The Morgan fingerprint density at radius 1 is 0.647 bits per heavy atom. The molecule has 0 aliphatic carbocycles. The normalized spacial score (nSPS) is 13.0. The number of carbonyl (C=O) groups is 1. The van der Waals surface area contributed by atoms with Crippen LogP contribution in [0.15, 0.2) is 12.7 Å². The minimum Gasteiger partial charge on any atom is -0.463 e. The van der Waals surface area contributed by atoms with Crippen LogP contribution in [-0.2, 0) is 14.1 Å². The molecule has 5 heteroatoms. The zero-order valence-electron chi connectivity index (χ0n) is 22.6. The minimum atomic E-state index is -2.93. The fourth-order valence-electron chi connectivity index (χ4n) is 4.42. The van der Waals surface area contributed by atoms with Gasteiger partial charge in [0.1, 0.15) is 0 Å². The van der Waals surface area contributed by atoms with Crippen molar-refractivity contribution in [2.24, 2.45) is 0 Å². The quantitative estimate of drug-likeness (QED) is 0.0528. The average molecular weight is 501 g/mol. The first-order valence-electron chi connectivity index (χ1n) is 14.6. The van der Waals surface area contributed by atoms with Crippen molar-refractivity contribution < 1.29 is 19.0 Å². The Kier molecular flexibility index (Phi) is 25.0. The van der Waals surface area contributed by atoms with Crippen LogP contribution in [0.3, 0.4) is 0 Å². The zero-order chi connectivity index (χ0) is 25.2. The summed E-state index contributed by atoms with van der Waals surface area (Å²) in [6.07, 6.45) is 29.3. The lowest BCUT2D eigenvalue weighted by atomic mass is 10.0. The molecule has 202 valence electrons. The third-order valence-corrected chi connectivity index (χ3v) is 8.70. The lowest BCUT2D eigenvalue weighted by Gasteiger charge is -2.11. The van der Waals surface area contributed by atoms with E-state index in [9.17, 15) is 14.3 Å². The molecule has 0 fully saturated rings. The van der Waals surface area contributed by atoms with Crippen molar-refractivity contribution in [2.45, 2.75) is 148 Å². The maximum Gasteiger partial charge on any atom is 0.330 e. The van der Waals surface area contributed by atoms with E-state index < -0.39 is 7.37 Å². The first-order valence-corrected chi connectivity index (χ1v) is 16.6. The molecule has 0 spiro atoms. The first-order chi connectivity index (χ1) is 16.5. The predicted molar refractivity (Wildman–Crippen MR) is 148 cm³/mol. The molecule has 0 aromatic rings. The van der Waals surface area contributed by atoms with E-state index in [1.165, 1.54) is 96.0 Å². The van der Waals surface area contributed by atoms with Crippen LogP contribution in [-0.4, -0.2) is 29.8 Å². The Bertz CT molecular complexity index is 506. The minimum absolute atomic E-state index is 0.358. The van der Waals surface area contributed by atoms with E-state index in [0.29, 0.717) is 18.9 Å². The van der Waals surface area contributed by atoms with Gasteiger partial charge in [-0.25, -0.2) is 4.79 Å². The van der Waals surface area contributed by atoms with Gasteiger partial charge >= 0.3 is 5.97 Å². The number of hydrogen-bond acceptors (Lipinski definition) is 3. The molecule has 0 aliphatic heterocycles. The summed E-state index contributed by atoms with van der Waals surface area (Å²) >= 11 is 0. The predicted octanol–water partition coefficient (Wildman–Crippen LogP) is 9.59. The van der Waals surface area contributed by atoms with Crippen molar-refractivity contribution in [1.29, 1.82) is 0 Å². The third kappa shape index (κ3) is 26.0. The van der Waals surface area contributed by atoms with Gasteiger partial charge in [0.2, 0.25) is 7.37 Å². The summed E-state index contributed by atoms with van der Waals surface area (Å²) < 4.78 is 17.3. The standard InChI is InChI=1S/C29H57O4P/c1-3-5-6-7-8-9-10-11-12-13-14-15-16-18-21-24-27-34(31,32)28-25-22-19-17-20-23-26-33-29(30)4-2/h4H,2-3,5-28H2,1H3,(H,31,32). The van der Waals surface area contributed by atoms with Crippen LogP contribution >= 0.6 is 7.37 Å². The third-order valence-electron chi connectivity index (χ3n) is 6.67. The summed E-state index contributed by atoms with van der Waals surface area (Å²) in [7, 11) is -2.93. The van der Waals surface area contributed by atoms with Crippen LogP contribution < -0.4 is 0 Å². The fourth-order valence-corrected chi connectivity index (χ4v) is 6.08. The van der Waals surface area contributed by atoms with Gasteiger partial charge in [0, 0.05) is 18.4 Å². The van der Waals surface area contributed by atoms with Crippen LogP contribution in [0.25, 0.3) is 0 Å². The topological polar surface area (TPSA) is 63.6 Å². The van der Waals surface area contributed by atoms with Crippen molar-refractivity contribution in [3.63, 3.8) is 0 Å². The van der Waals surface area contributed by atoms with Crippen LogP contribution in [0.1, 0.15) is 148 Å². The molecule has 1 atom stereocenters. The number of unbranched alkanes of at least 4 members (excludes halogenated alkanes) is 20. The Morgan fingerprint density at radius 3 is 1.32 bits per heavy atom. The molecule has 0 aliphatic rings. The highest BCUT2D eigenvalue weighted by molar-refractivity contribution is 7.57. The smallest absolute Gasteiger partial charge is 0.330 e. The molecule has 34 heavy (non-hydrogen) atoms. The van der Waals surface area contributed by atoms with Gasteiger partial charge in [0.15, 0.2) is 0 Å². The second kappa shape index (κ2) is 25.5. The highest BCUT2D eigenvalue weighted by Crippen LogP contribution is 2.42. The molecular weight excluding hydrogens is 443 g/mol. The highest BCUT2D eigenvalue weighted by atomic mass is 31.2. The molecule has 0 amide bonds. The summed E-state index contributed by atoms with van der Waals surface area (Å²) in [6.45, 7) is 6.10. The largest absolute Gasteiger partial charge is 0.463 e. The van der Waals surface area contributed by atoms with E-state index in [1.54, 1.807) is 0 Å². The van der Waals surface area contributed by atoms with Gasteiger partial charge in [0.05, 0.1) is 6.61 Å². The SMILES string of the molecule is C=CC(=O)OCCCCCCCCP(=O)(O)CCCCCCCCCCCCCCCCCC. The molecule has 1 unspecified atom stereocenters. The van der Waals surface area contributed by atoms with Crippen LogP contribution in [0.4, 0.5) is 0 Å². The van der Waals surface area contributed by atoms with Crippen molar-refractivity contribution in [2.75, 3.05) is 18.9 Å². The van der Waals surface area contributed by atoms with Gasteiger partial charge in [-0.05, 0) is 19.3 Å². The number of esters is 1. The second-order valence-electron chi connectivity index (χ2n) is 10.1. The lowest BCUT2D eigenvalue weighted by Crippen LogP contribution is -2.01. The summed E-state index contributed by atoms with van der Waals surface area (Å²) in [5.74, 6) is -0.358. The van der Waals surface area contributed by atoms with E-state index in [0.717, 1.165) is 51.4 Å². The Labute approximate surface area is 212 Å². The summed E-state index contributed by atoms with van der Waals surface area (Å²) in [6, 6.07) is 0. The molecule has 0 heterocycles. The molecule has 0 bridgehead atoms. The van der Waals surface area contributed by atoms with E-state index in [2.05, 4.69) is 13.5 Å². The van der Waals surface area contributed by atoms with E-state index in [-0.39, 0.29) is 5.97 Å². The number of ether oxygens (including phenoxy) is 1. The summed E-state index contributed by atoms with van der Waals surface area (Å²) in [4.78, 5) is 21.1. The van der Waals surface area contributed by atoms with Crippen molar-refractivity contribution in [1.82, 2.24) is 0 Å². The number of carbonyl (C=O) groups excluding carboxylic acids is 1. The van der Waals surface area contributed by atoms with Gasteiger partial charge in [-0.2, -0.15) is 0 Å². The molecule has 0 saturated carbocycles. The van der Waals surface area contributed by atoms with Crippen molar-refractivity contribution in [3.05, 3.63) is 12.7 Å². The van der Waals surface area contributed by atoms with E-state index in [4.69, 9.17) is 4.74 Å². The van der Waals surface area contributed by atoms with E-state index >= 15 is 0 Å². The maximum atomic E-state index is 12.3. The molecule has 0 aromatic carbocycles. The highest BCUT2D eigenvalue weighted by Gasteiger charge is 2.16. The van der Waals surface area contributed by atoms with Crippen LogP contribution in [0.5, 0.6) is 0 Å². The zero-order valence-corrected chi connectivity index (χ0v) is 23.5. The Morgan fingerprint density at radius 2 is 0.971 bits per heavy atom. The number of hydrogen-bond donors (Lipinski definition) is 1. The fraction of sp³-hybridized carbons (Fsp3) is 0.897. The Balaban J connectivity index is 3.32. The van der Waals surface area contributed by atoms with Crippen LogP contribution in [0.2, 0.25) is 0 Å². The molecule has 0 radical (unpaired) electrons. The van der Waals surface area contributed by atoms with E-state index in [1.807, 2.05) is 0 Å². The maximum absolute atomic E-state index is 12.3. The molecule has 0 saturated heterocycles. The molecular formula is C29H57O4P. The van der Waals surface area contributed by atoms with Gasteiger partial charge in [-0.3, -0.25) is 4.57 Å². The molecule has 0 aromatic heterocycles. The van der Waals surface area contributed by atoms with Gasteiger partial charge in [0.25, 0.3) is 0 Å². The average Bonchev–Trinajstić information content (AvgIpc) is 2.82. The number of rotatable bonds is 27. The molecule has 1 N–H and O–H groups in total. The summed E-state index contributed by atoms with van der Waals surface area (Å²) in [5.41, 5.74) is 0. The van der Waals surface area contributed by atoms with Gasteiger partial charge in [-0.1, -0.05) is 135 Å². The monoisotopic (exact) mass is 500 g/mol.